The lowest BCUT2D eigenvalue weighted by atomic mass is 10.1. The number of methoxy groups -OCH3 is 2. The molecule has 5 nitrogen and oxygen atoms in total. The molecule has 0 amide bonds. The van der Waals surface area contributed by atoms with E-state index >= 15 is 0 Å². The first-order valence-corrected chi connectivity index (χ1v) is 6.18. The summed E-state index contributed by atoms with van der Waals surface area (Å²) in [5.41, 5.74) is 1.35. The molecule has 0 saturated carbocycles. The van der Waals surface area contributed by atoms with Gasteiger partial charge in [0.05, 0.1) is 25.3 Å². The first-order valence-electron chi connectivity index (χ1n) is 6.18. The number of hydrogen-bond acceptors (Lipinski definition) is 5. The van der Waals surface area contributed by atoms with Crippen molar-refractivity contribution in [1.29, 1.82) is 0 Å². The average molecular weight is 265 g/mol. The van der Waals surface area contributed by atoms with Crippen LogP contribution in [0.25, 0.3) is 0 Å². The third-order valence-corrected chi connectivity index (χ3v) is 2.63. The summed E-state index contributed by atoms with van der Waals surface area (Å²) < 4.78 is 9.33. The summed E-state index contributed by atoms with van der Waals surface area (Å²) >= 11 is 0. The first kappa shape index (κ1) is 15.0. The van der Waals surface area contributed by atoms with Crippen LogP contribution in [0.3, 0.4) is 0 Å². The largest absolute Gasteiger partial charge is 0.465 e. The van der Waals surface area contributed by atoms with Gasteiger partial charge in [0.2, 0.25) is 0 Å². The van der Waals surface area contributed by atoms with Crippen LogP contribution in [-0.4, -0.2) is 32.7 Å². The summed E-state index contributed by atoms with van der Waals surface area (Å²) in [6, 6.07) is 4.78. The Morgan fingerprint density at radius 3 is 2.00 bits per heavy atom. The highest BCUT2D eigenvalue weighted by molar-refractivity contribution is 5.96. The maximum atomic E-state index is 11.6. The highest BCUT2D eigenvalue weighted by Gasteiger charge is 2.13. The molecule has 1 rings (SSSR count). The van der Waals surface area contributed by atoms with Crippen LogP contribution in [0.5, 0.6) is 0 Å². The van der Waals surface area contributed by atoms with Crippen LogP contribution < -0.4 is 5.32 Å². The van der Waals surface area contributed by atoms with Gasteiger partial charge in [-0.05, 0) is 24.6 Å². The number of rotatable bonds is 6. The van der Waals surface area contributed by atoms with Crippen molar-refractivity contribution < 1.29 is 19.1 Å². The molecule has 1 aromatic carbocycles. The summed E-state index contributed by atoms with van der Waals surface area (Å²) in [6.07, 6.45) is 2.07. The van der Waals surface area contributed by atoms with Crippen molar-refractivity contribution >= 4 is 17.6 Å². The Morgan fingerprint density at radius 2 is 1.58 bits per heavy atom. The number of esters is 2. The van der Waals surface area contributed by atoms with Crippen LogP contribution >= 0.6 is 0 Å². The molecule has 0 unspecified atom stereocenters. The summed E-state index contributed by atoms with van der Waals surface area (Å²) in [5, 5.41) is 3.17. The fraction of sp³-hybridized carbons (Fsp3) is 0.429. The van der Waals surface area contributed by atoms with E-state index < -0.39 is 11.9 Å². The minimum Gasteiger partial charge on any atom is -0.465 e. The van der Waals surface area contributed by atoms with Gasteiger partial charge in [0.1, 0.15) is 0 Å². The van der Waals surface area contributed by atoms with Crippen molar-refractivity contribution in [3.8, 4) is 0 Å². The molecule has 0 spiro atoms. The van der Waals surface area contributed by atoms with Crippen LogP contribution in [0.15, 0.2) is 18.2 Å². The number of ether oxygens (including phenoxy) is 2. The van der Waals surface area contributed by atoms with Gasteiger partial charge in [-0.25, -0.2) is 9.59 Å². The van der Waals surface area contributed by atoms with Gasteiger partial charge in [0.15, 0.2) is 0 Å². The van der Waals surface area contributed by atoms with Crippen LogP contribution in [0.2, 0.25) is 0 Å². The predicted molar refractivity (Wildman–Crippen MR) is 72.5 cm³/mol. The summed E-state index contributed by atoms with van der Waals surface area (Å²) in [5.74, 6) is -0.964. The van der Waals surface area contributed by atoms with E-state index in [1.165, 1.54) is 20.3 Å². The zero-order valence-electron chi connectivity index (χ0n) is 11.5. The van der Waals surface area contributed by atoms with Crippen molar-refractivity contribution in [2.45, 2.75) is 19.8 Å². The van der Waals surface area contributed by atoms with E-state index in [2.05, 4.69) is 21.7 Å². The van der Waals surface area contributed by atoms with Gasteiger partial charge in [-0.1, -0.05) is 13.3 Å². The fourth-order valence-corrected chi connectivity index (χ4v) is 1.61. The number of unbranched alkanes of at least 4 members (excludes halogenated alkanes) is 1. The first-order chi connectivity index (χ1) is 9.12. The number of hydrogen-bond donors (Lipinski definition) is 1. The Kier molecular flexibility index (Phi) is 5.85. The Labute approximate surface area is 112 Å². The molecular formula is C14H19NO4. The number of carbonyl (C=O) groups is 2. The number of carbonyl (C=O) groups excluding carboxylic acids is 2. The molecule has 1 N–H and O–H groups in total. The van der Waals surface area contributed by atoms with Gasteiger partial charge in [-0.2, -0.15) is 0 Å². The molecule has 0 saturated heterocycles. The number of nitrogens with one attached hydrogen (secondary N) is 1. The Balaban J connectivity index is 3.02. The molecule has 19 heavy (non-hydrogen) atoms. The van der Waals surface area contributed by atoms with E-state index in [1.54, 1.807) is 12.1 Å². The van der Waals surface area contributed by atoms with E-state index in [0.29, 0.717) is 16.8 Å². The van der Waals surface area contributed by atoms with Crippen LogP contribution in [0.1, 0.15) is 40.5 Å². The van der Waals surface area contributed by atoms with Crippen LogP contribution in [0.4, 0.5) is 5.69 Å². The Hall–Kier alpha value is -2.04. The molecule has 0 aliphatic rings. The topological polar surface area (TPSA) is 64.6 Å². The molecule has 104 valence electrons. The highest BCUT2D eigenvalue weighted by Crippen LogP contribution is 2.17. The standard InChI is InChI=1S/C14H19NO4/c1-4-5-6-15-12-8-10(13(16)18-2)7-11(9-12)14(17)19-3/h7-9,15H,4-6H2,1-3H3. The van der Waals surface area contributed by atoms with Crippen molar-refractivity contribution in [2.75, 3.05) is 26.1 Å². The monoisotopic (exact) mass is 265 g/mol. The molecular weight excluding hydrogens is 246 g/mol. The molecule has 0 aliphatic heterocycles. The maximum Gasteiger partial charge on any atom is 0.337 e. The van der Waals surface area contributed by atoms with E-state index in [-0.39, 0.29) is 0 Å². The summed E-state index contributed by atoms with van der Waals surface area (Å²) in [7, 11) is 2.61. The van der Waals surface area contributed by atoms with Crippen molar-refractivity contribution in [2.24, 2.45) is 0 Å². The molecule has 0 radical (unpaired) electrons. The van der Waals surface area contributed by atoms with Gasteiger partial charge >= 0.3 is 11.9 Å². The zero-order valence-corrected chi connectivity index (χ0v) is 11.5. The van der Waals surface area contributed by atoms with Crippen molar-refractivity contribution in [1.82, 2.24) is 0 Å². The van der Waals surface area contributed by atoms with Gasteiger partial charge < -0.3 is 14.8 Å². The SMILES string of the molecule is CCCCNc1cc(C(=O)OC)cc(C(=O)OC)c1. The van der Waals surface area contributed by atoms with Gasteiger partial charge in [0, 0.05) is 12.2 Å². The molecule has 0 aliphatic carbocycles. The summed E-state index contributed by atoms with van der Waals surface area (Å²) in [4.78, 5) is 23.1. The van der Waals surface area contributed by atoms with Crippen molar-refractivity contribution in [3.63, 3.8) is 0 Å². The molecule has 0 aromatic heterocycles. The Bertz CT molecular complexity index is 423. The molecule has 0 atom stereocenters. The predicted octanol–water partition coefficient (Wildman–Crippen LogP) is 2.47. The minimum atomic E-state index is -0.482. The fourth-order valence-electron chi connectivity index (χ4n) is 1.61. The molecule has 5 heteroatoms. The highest BCUT2D eigenvalue weighted by atomic mass is 16.5. The minimum absolute atomic E-state index is 0.324. The number of anilines is 1. The van der Waals surface area contributed by atoms with Crippen LogP contribution in [0, 0.1) is 0 Å². The smallest absolute Gasteiger partial charge is 0.337 e. The van der Waals surface area contributed by atoms with Gasteiger partial charge in [0.25, 0.3) is 0 Å². The molecule has 1 aromatic rings. The van der Waals surface area contributed by atoms with Crippen LogP contribution in [-0.2, 0) is 9.47 Å². The van der Waals surface area contributed by atoms with Gasteiger partial charge in [-0.15, -0.1) is 0 Å². The van der Waals surface area contributed by atoms with Crippen molar-refractivity contribution in [3.05, 3.63) is 29.3 Å². The second-order valence-corrected chi connectivity index (χ2v) is 4.06. The third-order valence-electron chi connectivity index (χ3n) is 2.63. The van der Waals surface area contributed by atoms with E-state index in [9.17, 15) is 9.59 Å². The lowest BCUT2D eigenvalue weighted by Gasteiger charge is -2.09. The lowest BCUT2D eigenvalue weighted by Crippen LogP contribution is -2.09. The lowest BCUT2D eigenvalue weighted by molar-refractivity contribution is 0.0599. The van der Waals surface area contributed by atoms with Gasteiger partial charge in [-0.3, -0.25) is 0 Å². The zero-order chi connectivity index (χ0) is 14.3. The van der Waals surface area contributed by atoms with E-state index in [4.69, 9.17) is 0 Å². The number of benzene rings is 1. The summed E-state index contributed by atoms with van der Waals surface area (Å²) in [6.45, 7) is 2.87. The van der Waals surface area contributed by atoms with E-state index in [1.807, 2.05) is 0 Å². The Morgan fingerprint density at radius 1 is 1.05 bits per heavy atom. The second-order valence-electron chi connectivity index (χ2n) is 4.06. The molecule has 0 heterocycles. The average Bonchev–Trinajstić information content (AvgIpc) is 2.45. The second kappa shape index (κ2) is 7.41. The third kappa shape index (κ3) is 4.28. The molecule has 0 bridgehead atoms. The normalized spacial score (nSPS) is 9.84. The van der Waals surface area contributed by atoms with E-state index in [0.717, 1.165) is 19.4 Å². The maximum absolute atomic E-state index is 11.6. The molecule has 0 fully saturated rings. The quantitative estimate of drug-likeness (QED) is 0.632.